The molecule has 0 unspecified atom stereocenters. The van der Waals surface area contributed by atoms with Gasteiger partial charge in [-0.15, -0.1) is 0 Å². The molecule has 124 valence electrons. The van der Waals surface area contributed by atoms with Crippen LogP contribution in [0.15, 0.2) is 36.4 Å². The van der Waals surface area contributed by atoms with E-state index in [0.29, 0.717) is 34.3 Å². The summed E-state index contributed by atoms with van der Waals surface area (Å²) < 4.78 is 5.50. The predicted molar refractivity (Wildman–Crippen MR) is 94.0 cm³/mol. The molecule has 0 atom stereocenters. The average molecular weight is 365 g/mol. The van der Waals surface area contributed by atoms with Gasteiger partial charge in [-0.1, -0.05) is 23.2 Å². The molecule has 1 aliphatic rings. The quantitative estimate of drug-likeness (QED) is 0.864. The molecule has 2 aromatic carbocycles. The maximum absolute atomic E-state index is 11.9. The van der Waals surface area contributed by atoms with Crippen LogP contribution in [0.3, 0.4) is 0 Å². The number of benzene rings is 2. The van der Waals surface area contributed by atoms with Crippen molar-refractivity contribution >= 4 is 46.4 Å². The highest BCUT2D eigenvalue weighted by molar-refractivity contribution is 6.42. The Morgan fingerprint density at radius 2 is 1.96 bits per heavy atom. The van der Waals surface area contributed by atoms with Crippen LogP contribution < -0.4 is 15.4 Å². The number of rotatable bonds is 4. The molecule has 7 heteroatoms. The van der Waals surface area contributed by atoms with E-state index in [9.17, 15) is 9.59 Å². The lowest BCUT2D eigenvalue weighted by molar-refractivity contribution is -0.118. The van der Waals surface area contributed by atoms with Crippen LogP contribution in [0.5, 0.6) is 5.75 Å². The van der Waals surface area contributed by atoms with E-state index in [1.165, 1.54) is 0 Å². The number of carbonyl (C=O) groups excluding carboxylic acids is 2. The van der Waals surface area contributed by atoms with Gasteiger partial charge in [-0.3, -0.25) is 9.59 Å². The Bertz CT molecular complexity index is 808. The molecule has 1 aliphatic heterocycles. The summed E-state index contributed by atoms with van der Waals surface area (Å²) in [6.45, 7) is -0.134. The van der Waals surface area contributed by atoms with E-state index in [1.54, 1.807) is 30.3 Å². The Kier molecular flexibility index (Phi) is 4.92. The van der Waals surface area contributed by atoms with Crippen LogP contribution in [0.4, 0.5) is 11.4 Å². The summed E-state index contributed by atoms with van der Waals surface area (Å²) in [7, 11) is 0. The summed E-state index contributed by atoms with van der Waals surface area (Å²) in [5, 5.41) is 6.27. The summed E-state index contributed by atoms with van der Waals surface area (Å²) >= 11 is 11.7. The molecule has 0 saturated carbocycles. The van der Waals surface area contributed by atoms with Crippen molar-refractivity contribution in [3.8, 4) is 5.75 Å². The second kappa shape index (κ2) is 7.11. The van der Waals surface area contributed by atoms with Crippen LogP contribution in [-0.2, 0) is 16.0 Å². The number of amides is 2. The first kappa shape index (κ1) is 16.6. The summed E-state index contributed by atoms with van der Waals surface area (Å²) in [6.07, 6.45) is 1.11. The Morgan fingerprint density at radius 3 is 2.75 bits per heavy atom. The van der Waals surface area contributed by atoms with E-state index >= 15 is 0 Å². The van der Waals surface area contributed by atoms with Crippen molar-refractivity contribution in [1.82, 2.24) is 0 Å². The largest absolute Gasteiger partial charge is 0.484 e. The molecule has 0 spiro atoms. The van der Waals surface area contributed by atoms with Gasteiger partial charge in [-0.2, -0.15) is 0 Å². The number of anilines is 2. The molecule has 0 aliphatic carbocycles. The van der Waals surface area contributed by atoms with Crippen molar-refractivity contribution in [3.05, 3.63) is 52.0 Å². The van der Waals surface area contributed by atoms with E-state index < -0.39 is 0 Å². The van der Waals surface area contributed by atoms with Gasteiger partial charge in [0.25, 0.3) is 5.91 Å². The SMILES string of the molecule is O=C(COc1ccc2c(c1)CCC(=O)N2)Nc1ccc(Cl)c(Cl)c1. The van der Waals surface area contributed by atoms with Gasteiger partial charge in [0.05, 0.1) is 10.0 Å². The van der Waals surface area contributed by atoms with Gasteiger partial charge >= 0.3 is 0 Å². The van der Waals surface area contributed by atoms with Crippen LogP contribution in [0.25, 0.3) is 0 Å². The molecule has 2 aromatic rings. The van der Waals surface area contributed by atoms with E-state index in [1.807, 2.05) is 6.07 Å². The highest BCUT2D eigenvalue weighted by atomic mass is 35.5. The third-order valence-electron chi connectivity index (χ3n) is 3.55. The third kappa shape index (κ3) is 3.99. The molecule has 0 radical (unpaired) electrons. The molecule has 1 heterocycles. The number of hydrogen-bond acceptors (Lipinski definition) is 3. The second-order valence-electron chi connectivity index (χ2n) is 5.33. The number of carbonyl (C=O) groups is 2. The monoisotopic (exact) mass is 364 g/mol. The van der Waals surface area contributed by atoms with Crippen LogP contribution in [0, 0.1) is 0 Å². The molecule has 0 fully saturated rings. The third-order valence-corrected chi connectivity index (χ3v) is 4.28. The Labute approximate surface area is 148 Å². The van der Waals surface area contributed by atoms with Crippen molar-refractivity contribution in [2.24, 2.45) is 0 Å². The molecule has 0 saturated heterocycles. The fourth-order valence-electron chi connectivity index (χ4n) is 2.37. The first-order chi connectivity index (χ1) is 11.5. The highest BCUT2D eigenvalue weighted by Gasteiger charge is 2.15. The van der Waals surface area contributed by atoms with Gasteiger partial charge in [0, 0.05) is 17.8 Å². The zero-order chi connectivity index (χ0) is 17.1. The molecular formula is C17H14Cl2N2O3. The molecule has 0 bridgehead atoms. The molecule has 0 aromatic heterocycles. The van der Waals surface area contributed by atoms with Crippen molar-refractivity contribution in [2.75, 3.05) is 17.2 Å². The smallest absolute Gasteiger partial charge is 0.262 e. The lowest BCUT2D eigenvalue weighted by Gasteiger charge is -2.17. The lowest BCUT2D eigenvalue weighted by atomic mass is 10.0. The van der Waals surface area contributed by atoms with Gasteiger partial charge < -0.3 is 15.4 Å². The standard InChI is InChI=1S/C17H14Cl2N2O3/c18-13-4-2-11(8-14(13)19)20-17(23)9-24-12-3-5-15-10(7-12)1-6-16(22)21-15/h2-5,7-8H,1,6,9H2,(H,20,23)(H,21,22). The van der Waals surface area contributed by atoms with Crippen LogP contribution in [0.1, 0.15) is 12.0 Å². The normalized spacial score (nSPS) is 13.0. The van der Waals surface area contributed by atoms with Crippen molar-refractivity contribution in [3.63, 3.8) is 0 Å². The van der Waals surface area contributed by atoms with Crippen molar-refractivity contribution < 1.29 is 14.3 Å². The second-order valence-corrected chi connectivity index (χ2v) is 6.15. The summed E-state index contributed by atoms with van der Waals surface area (Å²) in [6, 6.07) is 10.2. The van der Waals surface area contributed by atoms with Gasteiger partial charge in [0.15, 0.2) is 6.61 Å². The maximum Gasteiger partial charge on any atom is 0.262 e. The number of fused-ring (bicyclic) bond motifs is 1. The van der Waals surface area contributed by atoms with Gasteiger partial charge in [-0.25, -0.2) is 0 Å². The van der Waals surface area contributed by atoms with E-state index in [4.69, 9.17) is 27.9 Å². The average Bonchev–Trinajstić information content (AvgIpc) is 2.56. The number of hydrogen-bond donors (Lipinski definition) is 2. The number of nitrogens with one attached hydrogen (secondary N) is 2. The van der Waals surface area contributed by atoms with E-state index in [0.717, 1.165) is 11.3 Å². The maximum atomic E-state index is 11.9. The van der Waals surface area contributed by atoms with E-state index in [2.05, 4.69) is 10.6 Å². The van der Waals surface area contributed by atoms with Gasteiger partial charge in [0.1, 0.15) is 5.75 Å². The first-order valence-corrected chi connectivity index (χ1v) is 8.07. The summed E-state index contributed by atoms with van der Waals surface area (Å²) in [5.41, 5.74) is 2.34. The molecular weight excluding hydrogens is 351 g/mol. The predicted octanol–water partition coefficient (Wildman–Crippen LogP) is 3.90. The minimum Gasteiger partial charge on any atom is -0.484 e. The zero-order valence-corrected chi connectivity index (χ0v) is 14.1. The highest BCUT2D eigenvalue weighted by Crippen LogP contribution is 2.27. The Balaban J connectivity index is 1.58. The molecule has 3 rings (SSSR count). The molecule has 24 heavy (non-hydrogen) atoms. The zero-order valence-electron chi connectivity index (χ0n) is 12.6. The molecule has 5 nitrogen and oxygen atoms in total. The minimum absolute atomic E-state index is 0.0113. The van der Waals surface area contributed by atoms with Crippen LogP contribution >= 0.6 is 23.2 Å². The number of aryl methyl sites for hydroxylation is 1. The van der Waals surface area contributed by atoms with Crippen molar-refractivity contribution in [2.45, 2.75) is 12.8 Å². The molecule has 2 N–H and O–H groups in total. The fraction of sp³-hybridized carbons (Fsp3) is 0.176. The Morgan fingerprint density at radius 1 is 1.12 bits per heavy atom. The Hall–Kier alpha value is -2.24. The summed E-state index contributed by atoms with van der Waals surface area (Å²) in [4.78, 5) is 23.3. The fourth-order valence-corrected chi connectivity index (χ4v) is 2.67. The van der Waals surface area contributed by atoms with Gasteiger partial charge in [-0.05, 0) is 48.4 Å². The van der Waals surface area contributed by atoms with Gasteiger partial charge in [0.2, 0.25) is 5.91 Å². The minimum atomic E-state index is -0.306. The summed E-state index contributed by atoms with van der Waals surface area (Å²) in [5.74, 6) is 0.283. The van der Waals surface area contributed by atoms with E-state index in [-0.39, 0.29) is 18.4 Å². The topological polar surface area (TPSA) is 67.4 Å². The molecule has 2 amide bonds. The number of halogens is 2. The van der Waals surface area contributed by atoms with Crippen LogP contribution in [0.2, 0.25) is 10.0 Å². The van der Waals surface area contributed by atoms with Crippen LogP contribution in [-0.4, -0.2) is 18.4 Å². The lowest BCUT2D eigenvalue weighted by Crippen LogP contribution is -2.21. The number of ether oxygens (including phenoxy) is 1. The van der Waals surface area contributed by atoms with Crippen molar-refractivity contribution in [1.29, 1.82) is 0 Å². The first-order valence-electron chi connectivity index (χ1n) is 7.32.